The van der Waals surface area contributed by atoms with Crippen molar-refractivity contribution in [2.75, 3.05) is 26.4 Å². The number of hydrogen-bond donors (Lipinski definition) is 1. The Kier molecular flexibility index (Phi) is 7.92. The third kappa shape index (κ3) is 4.79. The summed E-state index contributed by atoms with van der Waals surface area (Å²) in [6, 6.07) is 0. The van der Waals surface area contributed by atoms with Gasteiger partial charge in [-0.15, -0.1) is 0 Å². The van der Waals surface area contributed by atoms with Gasteiger partial charge in [0.2, 0.25) is 0 Å². The molecule has 0 fully saturated rings. The fourth-order valence-electron chi connectivity index (χ4n) is 1.45. The number of ether oxygens (including phenoxy) is 4. The Labute approximate surface area is 108 Å². The molecule has 0 saturated heterocycles. The lowest BCUT2D eigenvalue weighted by atomic mass is 10.5. The van der Waals surface area contributed by atoms with Gasteiger partial charge in [0.25, 0.3) is 5.44 Å². The maximum Gasteiger partial charge on any atom is 0.328 e. The van der Waals surface area contributed by atoms with Crippen molar-refractivity contribution in [3.05, 3.63) is 0 Å². The van der Waals surface area contributed by atoms with Gasteiger partial charge in [-0.05, 0) is 27.7 Å². The Morgan fingerprint density at radius 2 is 1.33 bits per heavy atom. The zero-order valence-corrected chi connectivity index (χ0v) is 12.0. The third-order valence-electron chi connectivity index (χ3n) is 1.91. The van der Waals surface area contributed by atoms with Crippen LogP contribution >= 0.6 is 0 Å². The van der Waals surface area contributed by atoms with Gasteiger partial charge in [0.1, 0.15) is 0 Å². The van der Waals surface area contributed by atoms with Crippen LogP contribution in [-0.4, -0.2) is 50.8 Å². The van der Waals surface area contributed by atoms with Gasteiger partial charge in [-0.1, -0.05) is 0 Å². The summed E-state index contributed by atoms with van der Waals surface area (Å²) in [6.07, 6.45) is 0. The Morgan fingerprint density at radius 3 is 1.56 bits per heavy atom. The first kappa shape index (κ1) is 17.8. The monoisotopic (exact) mass is 286 g/mol. The molecule has 7 nitrogen and oxygen atoms in total. The lowest BCUT2D eigenvalue weighted by molar-refractivity contribution is -0.400. The van der Waals surface area contributed by atoms with Crippen molar-refractivity contribution in [3.63, 3.8) is 0 Å². The highest BCUT2D eigenvalue weighted by Gasteiger charge is 2.51. The van der Waals surface area contributed by atoms with Crippen molar-refractivity contribution in [1.29, 1.82) is 0 Å². The standard InChI is InChI=1S/C10H22O7S/c1-5-14-9(18(11,12)13)10(15-6-2,16-7-3)17-8-4/h9H,5-8H2,1-4H3,(H,11,12,13). The van der Waals surface area contributed by atoms with Crippen molar-refractivity contribution >= 4 is 10.1 Å². The zero-order valence-electron chi connectivity index (χ0n) is 11.2. The first-order chi connectivity index (χ1) is 8.37. The van der Waals surface area contributed by atoms with E-state index < -0.39 is 21.5 Å². The molecule has 18 heavy (non-hydrogen) atoms. The van der Waals surface area contributed by atoms with Crippen LogP contribution in [0, 0.1) is 0 Å². The van der Waals surface area contributed by atoms with E-state index in [9.17, 15) is 13.0 Å². The molecule has 0 saturated carbocycles. The van der Waals surface area contributed by atoms with E-state index in [4.69, 9.17) is 18.9 Å². The van der Waals surface area contributed by atoms with Crippen molar-refractivity contribution < 1.29 is 31.9 Å². The molecule has 0 aliphatic rings. The van der Waals surface area contributed by atoms with Crippen molar-refractivity contribution in [2.45, 2.75) is 39.1 Å². The smallest absolute Gasteiger partial charge is 0.328 e. The van der Waals surface area contributed by atoms with Crippen LogP contribution in [0.4, 0.5) is 0 Å². The molecule has 0 aromatic carbocycles. The first-order valence-corrected chi connectivity index (χ1v) is 7.37. The minimum atomic E-state index is -4.55. The summed E-state index contributed by atoms with van der Waals surface area (Å²) in [7, 11) is -4.55. The summed E-state index contributed by atoms with van der Waals surface area (Å²) >= 11 is 0. The van der Waals surface area contributed by atoms with Crippen LogP contribution in [-0.2, 0) is 29.1 Å². The average Bonchev–Trinajstić information content (AvgIpc) is 2.25. The van der Waals surface area contributed by atoms with Gasteiger partial charge < -0.3 is 18.9 Å². The highest BCUT2D eigenvalue weighted by molar-refractivity contribution is 7.86. The second-order valence-corrected chi connectivity index (χ2v) is 4.66. The van der Waals surface area contributed by atoms with Crippen LogP contribution < -0.4 is 0 Å². The van der Waals surface area contributed by atoms with E-state index in [-0.39, 0.29) is 26.4 Å². The summed E-state index contributed by atoms with van der Waals surface area (Å²) in [5.74, 6) is -1.96. The van der Waals surface area contributed by atoms with Crippen molar-refractivity contribution in [2.24, 2.45) is 0 Å². The highest BCUT2D eigenvalue weighted by Crippen LogP contribution is 2.26. The van der Waals surface area contributed by atoms with Crippen LogP contribution in [0.5, 0.6) is 0 Å². The van der Waals surface area contributed by atoms with Crippen LogP contribution in [0.15, 0.2) is 0 Å². The molecule has 0 aliphatic carbocycles. The minimum Gasteiger partial charge on any atom is -0.354 e. The molecule has 110 valence electrons. The van der Waals surface area contributed by atoms with Gasteiger partial charge in [0, 0.05) is 26.4 Å². The molecule has 0 aromatic rings. The normalized spacial score (nSPS) is 14.7. The van der Waals surface area contributed by atoms with Gasteiger partial charge in [-0.25, -0.2) is 0 Å². The topological polar surface area (TPSA) is 91.3 Å². The Morgan fingerprint density at radius 1 is 0.944 bits per heavy atom. The van der Waals surface area contributed by atoms with Crippen molar-refractivity contribution in [1.82, 2.24) is 0 Å². The molecule has 1 atom stereocenters. The van der Waals surface area contributed by atoms with E-state index in [1.54, 1.807) is 27.7 Å². The fraction of sp³-hybridized carbons (Fsp3) is 1.00. The molecule has 0 amide bonds. The lowest BCUT2D eigenvalue weighted by Crippen LogP contribution is -2.54. The highest BCUT2D eigenvalue weighted by atomic mass is 32.2. The molecular weight excluding hydrogens is 264 g/mol. The van der Waals surface area contributed by atoms with Gasteiger partial charge >= 0.3 is 16.1 Å². The Bertz CT molecular complexity index is 297. The van der Waals surface area contributed by atoms with E-state index in [0.717, 1.165) is 0 Å². The minimum absolute atomic E-state index is 0.0550. The maximum atomic E-state index is 11.4. The fourth-order valence-corrected chi connectivity index (χ4v) is 2.33. The molecular formula is C10H22O7S. The van der Waals surface area contributed by atoms with E-state index in [0.29, 0.717) is 0 Å². The van der Waals surface area contributed by atoms with E-state index in [1.165, 1.54) is 0 Å². The molecule has 1 N–H and O–H groups in total. The maximum absolute atomic E-state index is 11.4. The summed E-state index contributed by atoms with van der Waals surface area (Å²) in [6.45, 7) is 7.02. The quantitative estimate of drug-likeness (QED) is 0.473. The summed E-state index contributed by atoms with van der Waals surface area (Å²) in [4.78, 5) is 0. The molecule has 1 unspecified atom stereocenters. The van der Waals surface area contributed by atoms with E-state index in [2.05, 4.69) is 0 Å². The van der Waals surface area contributed by atoms with Crippen LogP contribution in [0.2, 0.25) is 0 Å². The molecule has 0 bridgehead atoms. The largest absolute Gasteiger partial charge is 0.354 e. The average molecular weight is 286 g/mol. The van der Waals surface area contributed by atoms with Gasteiger partial charge in [-0.2, -0.15) is 8.42 Å². The van der Waals surface area contributed by atoms with Crippen molar-refractivity contribution in [3.8, 4) is 0 Å². The number of hydrogen-bond acceptors (Lipinski definition) is 6. The summed E-state index contributed by atoms with van der Waals surface area (Å²) in [5.41, 5.74) is -1.75. The van der Waals surface area contributed by atoms with Crippen LogP contribution in [0.1, 0.15) is 27.7 Å². The predicted molar refractivity (Wildman–Crippen MR) is 64.6 cm³/mol. The molecule has 0 aliphatic heterocycles. The lowest BCUT2D eigenvalue weighted by Gasteiger charge is -2.36. The van der Waals surface area contributed by atoms with E-state index in [1.807, 2.05) is 0 Å². The molecule has 0 rings (SSSR count). The molecule has 0 radical (unpaired) electrons. The Hall–Kier alpha value is -0.250. The van der Waals surface area contributed by atoms with Crippen LogP contribution in [0.3, 0.4) is 0 Å². The van der Waals surface area contributed by atoms with Gasteiger partial charge in [-0.3, -0.25) is 4.55 Å². The van der Waals surface area contributed by atoms with E-state index >= 15 is 0 Å². The second-order valence-electron chi connectivity index (χ2n) is 3.20. The van der Waals surface area contributed by atoms with Crippen LogP contribution in [0.25, 0.3) is 0 Å². The van der Waals surface area contributed by atoms with Gasteiger partial charge in [0.05, 0.1) is 0 Å². The number of rotatable bonds is 10. The third-order valence-corrected chi connectivity index (χ3v) is 2.88. The zero-order chi connectivity index (χ0) is 14.2. The second kappa shape index (κ2) is 8.03. The first-order valence-electron chi connectivity index (χ1n) is 5.87. The summed E-state index contributed by atoms with van der Waals surface area (Å²) in [5, 5.41) is 0. The predicted octanol–water partition coefficient (Wildman–Crippen LogP) is 1.00. The Balaban J connectivity index is 5.42. The molecule has 0 heterocycles. The molecule has 8 heteroatoms. The summed E-state index contributed by atoms with van der Waals surface area (Å²) < 4.78 is 52.7. The van der Waals surface area contributed by atoms with Gasteiger partial charge in [0.15, 0.2) is 0 Å². The molecule has 0 spiro atoms. The SMILES string of the molecule is CCOC(C(OCC)(OCC)OCC)S(=O)(=O)O. The molecule has 0 aromatic heterocycles.